The lowest BCUT2D eigenvalue weighted by Crippen LogP contribution is -2.28. The predicted molar refractivity (Wildman–Crippen MR) is 85.3 cm³/mol. The van der Waals surface area contributed by atoms with Gasteiger partial charge in [0.05, 0.1) is 11.4 Å². The van der Waals surface area contributed by atoms with Crippen molar-refractivity contribution >= 4 is 21.4 Å². The fraction of sp³-hybridized carbons (Fsp3) is 0.267. The average molecular weight is 305 g/mol. The number of nitrogens with zero attached hydrogens (tertiary/aromatic N) is 2. The summed E-state index contributed by atoms with van der Waals surface area (Å²) < 4.78 is 26.9. The van der Waals surface area contributed by atoms with Crippen molar-refractivity contribution in [1.82, 2.24) is 4.98 Å². The van der Waals surface area contributed by atoms with E-state index in [0.29, 0.717) is 11.4 Å². The number of rotatable bonds is 4. The summed E-state index contributed by atoms with van der Waals surface area (Å²) in [6.45, 7) is 3.88. The Morgan fingerprint density at radius 3 is 2.52 bits per heavy atom. The summed E-state index contributed by atoms with van der Waals surface area (Å²) in [4.78, 5) is 4.09. The molecule has 0 unspecified atom stereocenters. The minimum atomic E-state index is -3.66. The molecule has 0 aliphatic heterocycles. The van der Waals surface area contributed by atoms with E-state index in [-0.39, 0.29) is 4.90 Å². The van der Waals surface area contributed by atoms with Gasteiger partial charge in [-0.2, -0.15) is 0 Å². The summed E-state index contributed by atoms with van der Waals surface area (Å²) in [5, 5.41) is 2.89. The molecule has 0 amide bonds. The maximum absolute atomic E-state index is 12.8. The smallest absolute Gasteiger partial charge is 0.267 e. The van der Waals surface area contributed by atoms with Gasteiger partial charge in [-0.05, 0) is 31.5 Å². The zero-order valence-electron chi connectivity index (χ0n) is 12.6. The van der Waals surface area contributed by atoms with E-state index in [1.807, 2.05) is 32.0 Å². The summed E-state index contributed by atoms with van der Waals surface area (Å²) in [5.74, 6) is 0. The molecule has 5 nitrogen and oxygen atoms in total. The number of aryl methyl sites for hydroxylation is 2. The maximum atomic E-state index is 12.8. The second-order valence-corrected chi connectivity index (χ2v) is 6.82. The molecule has 0 aliphatic rings. The second-order valence-electron chi connectivity index (χ2n) is 4.88. The van der Waals surface area contributed by atoms with Crippen molar-refractivity contribution in [2.24, 2.45) is 0 Å². The maximum Gasteiger partial charge on any atom is 0.267 e. The molecule has 0 bridgehead atoms. The third kappa shape index (κ3) is 2.85. The average Bonchev–Trinajstić information content (AvgIpc) is 2.46. The van der Waals surface area contributed by atoms with Crippen molar-refractivity contribution in [3.8, 4) is 0 Å². The van der Waals surface area contributed by atoms with E-state index in [1.165, 1.54) is 10.5 Å². The van der Waals surface area contributed by atoms with E-state index in [2.05, 4.69) is 10.3 Å². The number of aromatic nitrogens is 1. The van der Waals surface area contributed by atoms with Gasteiger partial charge < -0.3 is 5.32 Å². The molecular weight excluding hydrogens is 286 g/mol. The van der Waals surface area contributed by atoms with Gasteiger partial charge in [0.25, 0.3) is 10.0 Å². The van der Waals surface area contributed by atoms with E-state index in [9.17, 15) is 8.42 Å². The molecule has 1 N–H and O–H groups in total. The van der Waals surface area contributed by atoms with Crippen LogP contribution in [0.4, 0.5) is 11.4 Å². The van der Waals surface area contributed by atoms with Gasteiger partial charge in [-0.15, -0.1) is 0 Å². The monoisotopic (exact) mass is 305 g/mol. The van der Waals surface area contributed by atoms with Crippen LogP contribution in [0.15, 0.2) is 41.6 Å². The molecule has 1 aromatic carbocycles. The summed E-state index contributed by atoms with van der Waals surface area (Å²) in [5.41, 5.74) is 3.20. The Bertz CT molecular complexity index is 757. The zero-order valence-corrected chi connectivity index (χ0v) is 13.4. The van der Waals surface area contributed by atoms with E-state index >= 15 is 0 Å². The fourth-order valence-corrected chi connectivity index (χ4v) is 3.63. The summed E-state index contributed by atoms with van der Waals surface area (Å²) in [6, 6.07) is 7.32. The number of anilines is 2. The standard InChI is InChI=1S/C15H19N3O2S/c1-11-5-6-14(12(2)9-11)18(4)21(19,20)15-10-17-8-7-13(15)16-3/h5-10H,1-4H3,(H,16,17). The van der Waals surface area contributed by atoms with Crippen LogP contribution in [0.2, 0.25) is 0 Å². The first-order valence-corrected chi connectivity index (χ1v) is 8.00. The molecule has 21 heavy (non-hydrogen) atoms. The van der Waals surface area contributed by atoms with Crippen LogP contribution in [0.25, 0.3) is 0 Å². The van der Waals surface area contributed by atoms with Crippen LogP contribution in [0.5, 0.6) is 0 Å². The third-order valence-electron chi connectivity index (χ3n) is 3.38. The summed E-state index contributed by atoms with van der Waals surface area (Å²) in [6.07, 6.45) is 2.92. The molecular formula is C15H19N3O2S. The quantitative estimate of drug-likeness (QED) is 0.943. The molecule has 0 fully saturated rings. The molecule has 0 saturated heterocycles. The highest BCUT2D eigenvalue weighted by Gasteiger charge is 2.25. The van der Waals surface area contributed by atoms with Gasteiger partial charge in [0.1, 0.15) is 4.90 Å². The van der Waals surface area contributed by atoms with Crippen LogP contribution < -0.4 is 9.62 Å². The highest BCUT2D eigenvalue weighted by atomic mass is 32.2. The first-order valence-electron chi connectivity index (χ1n) is 6.56. The minimum absolute atomic E-state index is 0.162. The molecule has 2 rings (SSSR count). The molecule has 6 heteroatoms. The lowest BCUT2D eigenvalue weighted by atomic mass is 10.1. The number of benzene rings is 1. The van der Waals surface area contributed by atoms with Gasteiger partial charge in [0, 0.05) is 26.5 Å². The first-order chi connectivity index (χ1) is 9.87. The van der Waals surface area contributed by atoms with Gasteiger partial charge in [-0.3, -0.25) is 9.29 Å². The Balaban J connectivity index is 2.53. The third-order valence-corrected chi connectivity index (χ3v) is 5.18. The number of pyridine rings is 1. The van der Waals surface area contributed by atoms with Crippen molar-refractivity contribution in [3.63, 3.8) is 0 Å². The van der Waals surface area contributed by atoms with Crippen molar-refractivity contribution in [2.45, 2.75) is 18.7 Å². The topological polar surface area (TPSA) is 62.3 Å². The molecule has 0 spiro atoms. The summed E-state index contributed by atoms with van der Waals surface area (Å²) >= 11 is 0. The largest absolute Gasteiger partial charge is 0.387 e. The van der Waals surface area contributed by atoms with Gasteiger partial charge in [0.15, 0.2) is 0 Å². The van der Waals surface area contributed by atoms with Crippen molar-refractivity contribution in [3.05, 3.63) is 47.8 Å². The lowest BCUT2D eigenvalue weighted by Gasteiger charge is -2.22. The van der Waals surface area contributed by atoms with Crippen molar-refractivity contribution < 1.29 is 8.42 Å². The van der Waals surface area contributed by atoms with Crippen LogP contribution >= 0.6 is 0 Å². The Kier molecular flexibility index (Phi) is 4.18. The highest BCUT2D eigenvalue weighted by molar-refractivity contribution is 7.93. The number of sulfonamides is 1. The first kappa shape index (κ1) is 15.3. The van der Waals surface area contributed by atoms with Gasteiger partial charge in [0.2, 0.25) is 0 Å². The van der Waals surface area contributed by atoms with Crippen LogP contribution in [-0.2, 0) is 10.0 Å². The predicted octanol–water partition coefficient (Wildman–Crippen LogP) is 2.57. The van der Waals surface area contributed by atoms with Crippen molar-refractivity contribution in [2.75, 3.05) is 23.7 Å². The van der Waals surface area contributed by atoms with E-state index in [4.69, 9.17) is 0 Å². The summed E-state index contributed by atoms with van der Waals surface area (Å²) in [7, 11) is -0.421. The molecule has 2 aromatic rings. The van der Waals surface area contributed by atoms with Crippen LogP contribution in [0.1, 0.15) is 11.1 Å². The van der Waals surface area contributed by atoms with E-state index in [0.717, 1.165) is 11.1 Å². The van der Waals surface area contributed by atoms with Gasteiger partial charge in [-0.25, -0.2) is 8.42 Å². The van der Waals surface area contributed by atoms with E-state index in [1.54, 1.807) is 26.4 Å². The van der Waals surface area contributed by atoms with Gasteiger partial charge in [-0.1, -0.05) is 17.7 Å². The molecule has 0 atom stereocenters. The van der Waals surface area contributed by atoms with Gasteiger partial charge >= 0.3 is 0 Å². The molecule has 0 radical (unpaired) electrons. The Morgan fingerprint density at radius 1 is 1.19 bits per heavy atom. The molecule has 0 aliphatic carbocycles. The molecule has 1 heterocycles. The number of hydrogen-bond donors (Lipinski definition) is 1. The number of nitrogens with one attached hydrogen (secondary N) is 1. The SMILES string of the molecule is CNc1ccncc1S(=O)(=O)N(C)c1ccc(C)cc1C. The second kappa shape index (κ2) is 5.73. The minimum Gasteiger partial charge on any atom is -0.387 e. The van der Waals surface area contributed by atoms with Crippen LogP contribution in [0.3, 0.4) is 0 Å². The van der Waals surface area contributed by atoms with Crippen molar-refractivity contribution in [1.29, 1.82) is 0 Å². The fourth-order valence-electron chi connectivity index (χ4n) is 2.23. The Labute approximate surface area is 125 Å². The molecule has 0 saturated carbocycles. The highest BCUT2D eigenvalue weighted by Crippen LogP contribution is 2.28. The zero-order chi connectivity index (χ0) is 15.6. The lowest BCUT2D eigenvalue weighted by molar-refractivity contribution is 0.594. The van der Waals surface area contributed by atoms with Crippen LogP contribution in [-0.4, -0.2) is 27.5 Å². The Morgan fingerprint density at radius 2 is 1.90 bits per heavy atom. The Hall–Kier alpha value is -2.08. The molecule has 1 aromatic heterocycles. The van der Waals surface area contributed by atoms with E-state index < -0.39 is 10.0 Å². The number of hydrogen-bond acceptors (Lipinski definition) is 4. The normalized spacial score (nSPS) is 11.2. The molecule has 112 valence electrons. The van der Waals surface area contributed by atoms with Crippen LogP contribution in [0, 0.1) is 13.8 Å².